The third-order valence-electron chi connectivity index (χ3n) is 7.42. The molecule has 1 saturated heterocycles. The van der Waals surface area contributed by atoms with Crippen molar-refractivity contribution in [3.05, 3.63) is 29.7 Å². The molecule has 9 nitrogen and oxygen atoms in total. The highest BCUT2D eigenvalue weighted by Crippen LogP contribution is 2.46. The van der Waals surface area contributed by atoms with Gasteiger partial charge in [0.2, 0.25) is 5.91 Å². The van der Waals surface area contributed by atoms with Crippen LogP contribution in [0.1, 0.15) is 55.7 Å². The molecule has 0 unspecified atom stereocenters. The summed E-state index contributed by atoms with van der Waals surface area (Å²) in [5.74, 6) is 2.06. The van der Waals surface area contributed by atoms with Crippen LogP contribution in [0, 0.1) is 23.2 Å². The van der Waals surface area contributed by atoms with Crippen LogP contribution in [-0.4, -0.2) is 65.3 Å². The first kappa shape index (κ1) is 21.6. The van der Waals surface area contributed by atoms with Gasteiger partial charge in [0, 0.05) is 42.6 Å². The minimum atomic E-state index is -3.49. The van der Waals surface area contributed by atoms with Gasteiger partial charge in [-0.15, -0.1) is 0 Å². The molecule has 0 radical (unpaired) electrons. The van der Waals surface area contributed by atoms with Gasteiger partial charge in [-0.1, -0.05) is 0 Å². The molecule has 3 heterocycles. The summed E-state index contributed by atoms with van der Waals surface area (Å²) in [6.45, 7) is 2.05. The van der Waals surface area contributed by atoms with Gasteiger partial charge in [0.25, 0.3) is 10.0 Å². The average Bonchev–Trinajstić information content (AvgIpc) is 3.66. The number of pyridine rings is 1. The highest BCUT2D eigenvalue weighted by Gasteiger charge is 2.45. The summed E-state index contributed by atoms with van der Waals surface area (Å²) in [6.07, 6.45) is 10.5. The molecule has 3 aliphatic carbocycles. The molecule has 34 heavy (non-hydrogen) atoms. The molecular weight excluding hydrogens is 452 g/mol. The zero-order valence-electron chi connectivity index (χ0n) is 19.2. The van der Waals surface area contributed by atoms with Crippen LogP contribution >= 0.6 is 0 Å². The highest BCUT2D eigenvalue weighted by atomic mass is 32.2. The lowest BCUT2D eigenvalue weighted by molar-refractivity contribution is -0.135. The SMILES string of the molecule is CS(=O)(=O)n1cc(-c2cc(C#N)c(N3CCN(C(=O)C4CC4)[C@H](C4CC4)C3)nc2C2CC2)cn1. The van der Waals surface area contributed by atoms with Crippen LogP contribution < -0.4 is 4.90 Å². The van der Waals surface area contributed by atoms with Gasteiger partial charge in [-0.3, -0.25) is 4.79 Å². The Labute approximate surface area is 199 Å². The Morgan fingerprint density at radius 1 is 1.15 bits per heavy atom. The second kappa shape index (κ2) is 7.80. The van der Waals surface area contributed by atoms with Crippen LogP contribution in [0.15, 0.2) is 18.5 Å². The van der Waals surface area contributed by atoms with Gasteiger partial charge >= 0.3 is 0 Å². The molecule has 0 spiro atoms. The molecular formula is C24H28N6O3S. The minimum Gasteiger partial charge on any atom is -0.352 e. The largest absolute Gasteiger partial charge is 0.352 e. The van der Waals surface area contributed by atoms with Crippen LogP contribution in [-0.2, 0) is 14.8 Å². The fourth-order valence-corrected chi connectivity index (χ4v) is 5.61. The number of carbonyl (C=O) groups is 1. The predicted molar refractivity (Wildman–Crippen MR) is 126 cm³/mol. The van der Waals surface area contributed by atoms with E-state index in [2.05, 4.69) is 21.0 Å². The monoisotopic (exact) mass is 480 g/mol. The number of aromatic nitrogens is 3. The van der Waals surface area contributed by atoms with Crippen molar-refractivity contribution in [3.63, 3.8) is 0 Å². The van der Waals surface area contributed by atoms with Crippen LogP contribution in [0.2, 0.25) is 0 Å². The van der Waals surface area contributed by atoms with E-state index in [1.165, 1.54) is 12.4 Å². The third kappa shape index (κ3) is 3.96. The lowest BCUT2D eigenvalue weighted by Crippen LogP contribution is -2.57. The zero-order valence-corrected chi connectivity index (χ0v) is 20.0. The number of nitrogens with zero attached hydrogens (tertiary/aromatic N) is 6. The molecule has 1 aliphatic heterocycles. The molecule has 4 fully saturated rings. The van der Waals surface area contributed by atoms with Crippen molar-refractivity contribution in [1.82, 2.24) is 19.1 Å². The van der Waals surface area contributed by atoms with Gasteiger partial charge in [0.1, 0.15) is 11.9 Å². The molecule has 0 aromatic carbocycles. The Morgan fingerprint density at radius 2 is 1.91 bits per heavy atom. The Morgan fingerprint density at radius 3 is 2.50 bits per heavy atom. The van der Waals surface area contributed by atoms with E-state index in [-0.39, 0.29) is 12.0 Å². The molecule has 2 aromatic rings. The van der Waals surface area contributed by atoms with E-state index < -0.39 is 10.0 Å². The van der Waals surface area contributed by atoms with Crippen molar-refractivity contribution in [2.45, 2.75) is 50.5 Å². The molecule has 3 saturated carbocycles. The first-order valence-corrected chi connectivity index (χ1v) is 13.9. The standard InChI is InChI=1S/C24H28N6O3S/c1-34(32,33)30-13-19(12-26-30)20-10-18(11-25)23(27-22(20)16-4-5-16)28-8-9-29(24(31)17-6-7-17)21(14-28)15-2-3-15/h10,12-13,15-17,21H,2-9,14H2,1H3/t21-/m0/s1. The van der Waals surface area contributed by atoms with E-state index in [1.807, 2.05) is 6.07 Å². The summed E-state index contributed by atoms with van der Waals surface area (Å²) >= 11 is 0. The van der Waals surface area contributed by atoms with Crippen molar-refractivity contribution in [1.29, 1.82) is 5.26 Å². The fourth-order valence-electron chi connectivity index (χ4n) is 5.09. The van der Waals surface area contributed by atoms with E-state index in [0.29, 0.717) is 54.3 Å². The molecule has 6 rings (SSSR count). The molecule has 2 aromatic heterocycles. The van der Waals surface area contributed by atoms with Crippen molar-refractivity contribution < 1.29 is 13.2 Å². The zero-order chi connectivity index (χ0) is 23.6. The van der Waals surface area contributed by atoms with Crippen molar-refractivity contribution in [3.8, 4) is 17.2 Å². The van der Waals surface area contributed by atoms with Crippen LogP contribution in [0.3, 0.4) is 0 Å². The molecule has 10 heteroatoms. The average molecular weight is 481 g/mol. The van der Waals surface area contributed by atoms with Gasteiger partial charge in [0.15, 0.2) is 0 Å². The van der Waals surface area contributed by atoms with E-state index in [1.54, 1.807) is 0 Å². The molecule has 0 bridgehead atoms. The van der Waals surface area contributed by atoms with Gasteiger partial charge in [-0.2, -0.15) is 14.4 Å². The summed E-state index contributed by atoms with van der Waals surface area (Å²) in [6, 6.07) is 4.35. The maximum Gasteiger partial charge on any atom is 0.250 e. The molecule has 178 valence electrons. The van der Waals surface area contributed by atoms with Crippen LogP contribution in [0.25, 0.3) is 11.1 Å². The number of carbonyl (C=O) groups excluding carboxylic acids is 1. The summed E-state index contributed by atoms with van der Waals surface area (Å²) in [7, 11) is -3.49. The maximum absolute atomic E-state index is 12.9. The Hall–Kier alpha value is -2.93. The highest BCUT2D eigenvalue weighted by molar-refractivity contribution is 7.89. The molecule has 4 aliphatic rings. The fraction of sp³-hybridized carbons (Fsp3) is 0.583. The topological polar surface area (TPSA) is 112 Å². The van der Waals surface area contributed by atoms with Crippen LogP contribution in [0.5, 0.6) is 0 Å². The van der Waals surface area contributed by atoms with E-state index in [0.717, 1.165) is 60.1 Å². The number of amides is 1. The second-order valence-corrected chi connectivity index (χ2v) is 12.0. The van der Waals surface area contributed by atoms with E-state index in [9.17, 15) is 18.5 Å². The van der Waals surface area contributed by atoms with Gasteiger partial charge in [-0.05, 0) is 50.5 Å². The summed E-state index contributed by atoms with van der Waals surface area (Å²) in [4.78, 5) is 22.2. The van der Waals surface area contributed by atoms with Crippen molar-refractivity contribution >= 4 is 21.7 Å². The van der Waals surface area contributed by atoms with Gasteiger partial charge in [0.05, 0.1) is 35.9 Å². The number of nitriles is 1. The van der Waals surface area contributed by atoms with Crippen molar-refractivity contribution in [2.75, 3.05) is 30.8 Å². The lowest BCUT2D eigenvalue weighted by atomic mass is 10.0. The smallest absolute Gasteiger partial charge is 0.250 e. The minimum absolute atomic E-state index is 0.187. The third-order valence-corrected chi connectivity index (χ3v) is 8.30. The first-order chi connectivity index (χ1) is 16.3. The number of rotatable bonds is 6. The van der Waals surface area contributed by atoms with E-state index in [4.69, 9.17) is 4.98 Å². The quantitative estimate of drug-likeness (QED) is 0.624. The lowest BCUT2D eigenvalue weighted by Gasteiger charge is -2.43. The Kier molecular flexibility index (Phi) is 4.96. The Balaban J connectivity index is 1.35. The van der Waals surface area contributed by atoms with Gasteiger partial charge in [-0.25, -0.2) is 13.4 Å². The molecule has 0 N–H and O–H groups in total. The summed E-state index contributed by atoms with van der Waals surface area (Å²) in [5, 5.41) is 14.0. The number of anilines is 1. The van der Waals surface area contributed by atoms with E-state index >= 15 is 0 Å². The second-order valence-electron chi connectivity index (χ2n) is 10.2. The molecule has 1 atom stereocenters. The summed E-state index contributed by atoms with van der Waals surface area (Å²) in [5.41, 5.74) is 2.81. The first-order valence-electron chi connectivity index (χ1n) is 12.1. The van der Waals surface area contributed by atoms with Crippen LogP contribution in [0.4, 0.5) is 5.82 Å². The summed E-state index contributed by atoms with van der Waals surface area (Å²) < 4.78 is 24.8. The Bertz CT molecular complexity index is 1300. The van der Waals surface area contributed by atoms with Gasteiger partial charge < -0.3 is 9.80 Å². The normalized spacial score (nSPS) is 23.1. The van der Waals surface area contributed by atoms with Crippen molar-refractivity contribution in [2.24, 2.45) is 11.8 Å². The molecule has 1 amide bonds. The maximum atomic E-state index is 12.9. The predicted octanol–water partition coefficient (Wildman–Crippen LogP) is 2.34. The number of hydrogen-bond acceptors (Lipinski definition) is 7. The number of hydrogen-bond donors (Lipinski definition) is 0. The number of piperazine rings is 1.